The fraction of sp³-hybridized carbons (Fsp3) is 0.850. The van der Waals surface area contributed by atoms with Gasteiger partial charge in [-0.25, -0.2) is 0 Å². The van der Waals surface area contributed by atoms with E-state index in [0.717, 1.165) is 17.6 Å². The van der Waals surface area contributed by atoms with Crippen molar-refractivity contribution in [2.24, 2.45) is 28.6 Å². The van der Waals surface area contributed by atoms with Gasteiger partial charge in [-0.05, 0) is 50.5 Å². The van der Waals surface area contributed by atoms with E-state index in [1.54, 1.807) is 6.92 Å². The van der Waals surface area contributed by atoms with Crippen LogP contribution in [0.1, 0.15) is 46.5 Å². The third-order valence-corrected chi connectivity index (χ3v) is 8.96. The SMILES string of the molecule is CC1=C2[C@@H](O)C(=O)[C@@]3(C)C(C[C@]4(O)C[C@@H](C1)[C@]24C)[C@@H]1CO[C@@H]1C[C@@H]3O. The van der Waals surface area contributed by atoms with Gasteiger partial charge >= 0.3 is 0 Å². The number of ether oxygens (including phenoxy) is 1. The highest BCUT2D eigenvalue weighted by Gasteiger charge is 2.73. The zero-order valence-corrected chi connectivity index (χ0v) is 15.2. The second kappa shape index (κ2) is 4.56. The van der Waals surface area contributed by atoms with Crippen LogP contribution in [-0.4, -0.2) is 51.6 Å². The summed E-state index contributed by atoms with van der Waals surface area (Å²) in [6, 6.07) is 0. The van der Waals surface area contributed by atoms with Crippen LogP contribution in [0.15, 0.2) is 11.1 Å². The summed E-state index contributed by atoms with van der Waals surface area (Å²) < 4.78 is 5.62. The maximum absolute atomic E-state index is 13.4. The number of rotatable bonds is 0. The van der Waals surface area contributed by atoms with Gasteiger partial charge in [0.15, 0.2) is 5.78 Å². The molecule has 1 aliphatic heterocycles. The van der Waals surface area contributed by atoms with Crippen LogP contribution in [0.3, 0.4) is 0 Å². The molecular weight excluding hydrogens is 320 g/mol. The normalized spacial score (nSPS) is 59.8. The molecule has 0 spiro atoms. The molecule has 0 aromatic rings. The largest absolute Gasteiger partial charge is 0.392 e. The molecule has 5 nitrogen and oxygen atoms in total. The maximum Gasteiger partial charge on any atom is 0.174 e. The molecule has 138 valence electrons. The Labute approximate surface area is 148 Å². The first-order valence-corrected chi connectivity index (χ1v) is 9.59. The molecule has 0 bridgehead atoms. The van der Waals surface area contributed by atoms with Crippen molar-refractivity contribution in [1.29, 1.82) is 0 Å². The summed E-state index contributed by atoms with van der Waals surface area (Å²) in [4.78, 5) is 13.4. The monoisotopic (exact) mass is 348 g/mol. The van der Waals surface area contributed by atoms with Crippen LogP contribution in [0, 0.1) is 28.6 Å². The van der Waals surface area contributed by atoms with Crippen LogP contribution >= 0.6 is 0 Å². The fourth-order valence-electron chi connectivity index (χ4n) is 7.17. The minimum absolute atomic E-state index is 0.0231. The molecule has 9 atom stereocenters. The minimum Gasteiger partial charge on any atom is -0.392 e. The van der Waals surface area contributed by atoms with E-state index in [2.05, 4.69) is 0 Å². The van der Waals surface area contributed by atoms with Crippen LogP contribution in [0.25, 0.3) is 0 Å². The van der Waals surface area contributed by atoms with Crippen molar-refractivity contribution in [2.45, 2.75) is 70.4 Å². The van der Waals surface area contributed by atoms with E-state index in [1.807, 2.05) is 13.8 Å². The van der Waals surface area contributed by atoms with Gasteiger partial charge in [-0.3, -0.25) is 4.79 Å². The lowest BCUT2D eigenvalue weighted by atomic mass is 9.42. The van der Waals surface area contributed by atoms with Crippen molar-refractivity contribution in [3.8, 4) is 0 Å². The Kier molecular flexibility index (Phi) is 2.99. The number of hydrogen-bond donors (Lipinski definition) is 3. The number of aliphatic hydroxyl groups excluding tert-OH is 2. The van der Waals surface area contributed by atoms with Gasteiger partial charge in [0.1, 0.15) is 6.10 Å². The summed E-state index contributed by atoms with van der Waals surface area (Å²) >= 11 is 0. The number of carbonyl (C=O) groups is 1. The molecule has 3 N–H and O–H groups in total. The van der Waals surface area contributed by atoms with Crippen molar-refractivity contribution in [3.63, 3.8) is 0 Å². The summed E-state index contributed by atoms with van der Waals surface area (Å²) in [7, 11) is 0. The van der Waals surface area contributed by atoms with E-state index < -0.39 is 28.6 Å². The molecule has 5 rings (SSSR count). The second-order valence-electron chi connectivity index (χ2n) is 9.68. The van der Waals surface area contributed by atoms with Gasteiger partial charge in [-0.15, -0.1) is 0 Å². The smallest absolute Gasteiger partial charge is 0.174 e. The van der Waals surface area contributed by atoms with E-state index in [0.29, 0.717) is 31.8 Å². The second-order valence-corrected chi connectivity index (χ2v) is 9.68. The van der Waals surface area contributed by atoms with E-state index >= 15 is 0 Å². The molecule has 4 fully saturated rings. The van der Waals surface area contributed by atoms with Crippen molar-refractivity contribution >= 4 is 5.78 Å². The Hall–Kier alpha value is -0.750. The Balaban J connectivity index is 1.68. The van der Waals surface area contributed by atoms with Crippen LogP contribution < -0.4 is 0 Å². The Bertz CT molecular complexity index is 700. The minimum atomic E-state index is -1.22. The van der Waals surface area contributed by atoms with Gasteiger partial charge in [0.05, 0.1) is 29.8 Å². The topological polar surface area (TPSA) is 87.0 Å². The first-order valence-electron chi connectivity index (χ1n) is 9.59. The molecule has 0 amide bonds. The summed E-state index contributed by atoms with van der Waals surface area (Å²) in [6.45, 7) is 6.39. The highest BCUT2D eigenvalue weighted by atomic mass is 16.5. The summed E-state index contributed by atoms with van der Waals surface area (Å²) in [5.41, 5.74) is -0.676. The molecule has 1 unspecified atom stereocenters. The Morgan fingerprint density at radius 1 is 1.20 bits per heavy atom. The third kappa shape index (κ3) is 1.59. The number of Topliss-reactive ketones (excluding diaryl/α,β-unsaturated/α-hetero) is 1. The number of aliphatic hydroxyl groups is 3. The highest BCUT2D eigenvalue weighted by Crippen LogP contribution is 2.70. The third-order valence-electron chi connectivity index (χ3n) is 8.96. The van der Waals surface area contributed by atoms with Gasteiger partial charge in [-0.2, -0.15) is 0 Å². The van der Waals surface area contributed by atoms with E-state index in [4.69, 9.17) is 4.74 Å². The molecule has 1 saturated heterocycles. The first kappa shape index (κ1) is 16.4. The van der Waals surface area contributed by atoms with E-state index in [9.17, 15) is 20.1 Å². The zero-order valence-electron chi connectivity index (χ0n) is 15.2. The molecule has 5 aliphatic rings. The van der Waals surface area contributed by atoms with Gasteiger partial charge < -0.3 is 20.1 Å². The van der Waals surface area contributed by atoms with Gasteiger partial charge in [0, 0.05) is 17.8 Å². The first-order chi connectivity index (χ1) is 11.6. The van der Waals surface area contributed by atoms with Gasteiger partial charge in [-0.1, -0.05) is 12.5 Å². The molecule has 0 aromatic heterocycles. The predicted octanol–water partition coefficient (Wildman–Crippen LogP) is 1.20. The van der Waals surface area contributed by atoms with Crippen molar-refractivity contribution in [1.82, 2.24) is 0 Å². The quantitative estimate of drug-likeness (QED) is 0.573. The Morgan fingerprint density at radius 2 is 1.92 bits per heavy atom. The highest BCUT2D eigenvalue weighted by molar-refractivity contribution is 5.93. The fourth-order valence-corrected chi connectivity index (χ4v) is 7.17. The molecule has 0 radical (unpaired) electrons. The summed E-state index contributed by atoms with van der Waals surface area (Å²) in [5.74, 6) is 0.0772. The molecule has 3 saturated carbocycles. The zero-order chi connectivity index (χ0) is 17.9. The summed E-state index contributed by atoms with van der Waals surface area (Å²) in [6.07, 6.45) is 0.419. The lowest BCUT2D eigenvalue weighted by molar-refractivity contribution is -0.260. The van der Waals surface area contributed by atoms with E-state index in [1.165, 1.54) is 0 Å². The number of carbonyl (C=O) groups excluding carboxylic acids is 1. The molecule has 4 aliphatic carbocycles. The number of fused-ring (bicyclic) bond motifs is 3. The van der Waals surface area contributed by atoms with Crippen molar-refractivity contribution < 1.29 is 24.9 Å². The number of ketones is 1. The maximum atomic E-state index is 13.4. The molecule has 1 heterocycles. The lowest BCUT2D eigenvalue weighted by Crippen LogP contribution is -2.71. The average molecular weight is 348 g/mol. The molecule has 5 heteroatoms. The van der Waals surface area contributed by atoms with E-state index in [-0.39, 0.29) is 23.7 Å². The lowest BCUT2D eigenvalue weighted by Gasteiger charge is -2.66. The van der Waals surface area contributed by atoms with Gasteiger partial charge in [0.2, 0.25) is 0 Å². The average Bonchev–Trinajstić information content (AvgIpc) is 2.74. The molecular formula is C20H28O5. The van der Waals surface area contributed by atoms with Crippen molar-refractivity contribution in [2.75, 3.05) is 6.61 Å². The van der Waals surface area contributed by atoms with Crippen molar-refractivity contribution in [3.05, 3.63) is 11.1 Å². The number of allylic oxidation sites excluding steroid dienone is 1. The predicted molar refractivity (Wildman–Crippen MR) is 89.6 cm³/mol. The van der Waals surface area contributed by atoms with Gasteiger partial charge in [0.25, 0.3) is 0 Å². The molecule has 25 heavy (non-hydrogen) atoms. The number of hydrogen-bond acceptors (Lipinski definition) is 5. The van der Waals surface area contributed by atoms with Crippen LogP contribution in [-0.2, 0) is 9.53 Å². The Morgan fingerprint density at radius 3 is 2.56 bits per heavy atom. The van der Waals surface area contributed by atoms with Crippen LogP contribution in [0.2, 0.25) is 0 Å². The standard InChI is InChI=1S/C20H28O5/c1-9-4-10-6-20(24)7-12-11-8-25-13(11)5-14(21)18(12,2)17(23)16(22)15(9)19(10,20)3/h10-14,16,21-22,24H,4-8H2,1-3H3/t10-,11+,12?,13-,14+,16-,18+,19-,20-/m1/s1. The van der Waals surface area contributed by atoms with Crippen LogP contribution in [0.4, 0.5) is 0 Å². The van der Waals surface area contributed by atoms with Crippen LogP contribution in [0.5, 0.6) is 0 Å². The molecule has 0 aromatic carbocycles. The summed E-state index contributed by atoms with van der Waals surface area (Å²) in [5, 5.41) is 33.5.